The van der Waals surface area contributed by atoms with Crippen molar-refractivity contribution in [3.05, 3.63) is 95.1 Å². The summed E-state index contributed by atoms with van der Waals surface area (Å²) < 4.78 is 0. The van der Waals surface area contributed by atoms with E-state index in [4.69, 9.17) is 85.8 Å². The summed E-state index contributed by atoms with van der Waals surface area (Å²) in [5, 5.41) is 38.1. The topological polar surface area (TPSA) is 199 Å². The summed E-state index contributed by atoms with van der Waals surface area (Å²) in [6, 6.07) is 23.9. The van der Waals surface area contributed by atoms with Gasteiger partial charge in [-0.1, -0.05) is 42.5 Å². The fraction of sp³-hybridized carbons (Fsp3) is 0.705. The quantitative estimate of drug-likeness (QED) is 0.121. The van der Waals surface area contributed by atoms with Gasteiger partial charge < -0.3 is 83.0 Å². The van der Waals surface area contributed by atoms with Crippen molar-refractivity contribution in [1.29, 1.82) is 0 Å². The summed E-state index contributed by atoms with van der Waals surface area (Å²) in [6.07, 6.45) is 0. The fourth-order valence-electron chi connectivity index (χ4n) is 9.12. The first kappa shape index (κ1) is 93.6. The van der Waals surface area contributed by atoms with Gasteiger partial charge in [0.05, 0.1) is 47.3 Å². The van der Waals surface area contributed by atoms with Crippen LogP contribution in [0.4, 0.5) is 0 Å². The molecule has 3 aromatic rings. The summed E-state index contributed by atoms with van der Waals surface area (Å²) in [6.45, 7) is 40.3. The van der Waals surface area contributed by atoms with Crippen LogP contribution in [0.5, 0.6) is 0 Å². The Hall–Kier alpha value is 0.618. The van der Waals surface area contributed by atoms with Crippen LogP contribution in [-0.4, -0.2) is 284 Å². The number of nitrogens with zero attached hydrogens (tertiary/aromatic N) is 9. The van der Waals surface area contributed by atoms with E-state index in [0.717, 1.165) is 237 Å². The van der Waals surface area contributed by atoms with E-state index < -0.39 is 0 Å². The Balaban J connectivity index is 0.00000114. The molecule has 6 heterocycles. The van der Waals surface area contributed by atoms with Crippen LogP contribution in [0.1, 0.15) is 74.2 Å². The third-order valence-electron chi connectivity index (χ3n) is 14.9. The zero-order chi connectivity index (χ0) is 68.8. The van der Waals surface area contributed by atoms with Gasteiger partial charge in [-0.15, -0.1) is 0 Å². The molecule has 2 fully saturated rings. The van der Waals surface area contributed by atoms with Crippen molar-refractivity contribution in [2.75, 3.05) is 238 Å². The average Bonchev–Trinajstić information content (AvgIpc) is 1.53. The van der Waals surface area contributed by atoms with E-state index in [2.05, 4.69) is 196 Å². The van der Waals surface area contributed by atoms with Gasteiger partial charge in [0.25, 0.3) is 0 Å². The SMILES string of the molecule is CC1=NCCNCCNCCN=C(C)c2cccc1n2.CC1NCCNCCNCCNC(C)c2cccc1n2.CN1CCN(C)CCN(C)CCN(C)CCN(C)CC1.[Cl][Mn][Cl].[Cl][Mn][Cl].[Cl][Mn][Cl].[Cl][Mn][Cl].c1ccc(C2CNCCNCCNCCNCCN2)cc1. The first-order valence-corrected chi connectivity index (χ1v) is 44.9. The Morgan fingerprint density at radius 3 is 0.957 bits per heavy atom. The molecule has 32 heteroatoms. The minimum Gasteiger partial charge on any atom is -0.314 e. The second-order valence-corrected chi connectivity index (χ2v) is 30.1. The monoisotopic (exact) mass is 1630 g/mol. The standard InChI is InChI=1S/C16H29N5.C15H27N5.C15H23N5.C15H35N5.8ClH.4Mn/c1-2-4-15(5-3-1)16-14-20-11-10-18-7-6-17-8-9-19-12-13-21-16;2*1-12-14-4-3-5-15(20-14)13(2)19-11-9-17-7-6-16-8-10-18-12;1-16-6-8-17(2)10-12-19(4)14-15-20(5)13-11-18(3)9-7-16;;;;;;;;;;;;/h1-5,16-21H,6-14H2;3-5,12-13,16-19H,6-11H2,1-2H3;3-5,16-17H,6-11H2,1-2H3;6-15H2,1-5H3;8*1H;;;;/q;;;;;;;;;;;;4*+2/p-8. The number of pyridine rings is 2. The third kappa shape index (κ3) is 55.9. The molecule has 4 aliphatic rings. The largest absolute Gasteiger partial charge is 0.314 e. The first-order chi connectivity index (χ1) is 45.1. The first-order valence-electron chi connectivity index (χ1n) is 31.9. The van der Waals surface area contributed by atoms with Gasteiger partial charge in [0.1, 0.15) is 0 Å². The second-order valence-electron chi connectivity index (χ2n) is 22.3. The van der Waals surface area contributed by atoms with Gasteiger partial charge in [0.2, 0.25) is 0 Å². The molecule has 3 unspecified atom stereocenters. The molecule has 0 spiro atoms. The molecule has 2 saturated heterocycles. The normalized spacial score (nSPS) is 21.5. The van der Waals surface area contributed by atoms with E-state index in [1.165, 1.54) is 5.56 Å². The van der Waals surface area contributed by atoms with Crippen molar-refractivity contribution >= 4 is 92.2 Å². The van der Waals surface area contributed by atoms with Gasteiger partial charge in [-0.05, 0) is 92.8 Å². The van der Waals surface area contributed by atoms with Crippen molar-refractivity contribution in [2.24, 2.45) is 9.98 Å². The number of hydrogen-bond acceptors (Lipinski definition) is 20. The molecule has 93 heavy (non-hydrogen) atoms. The van der Waals surface area contributed by atoms with Crippen LogP contribution in [0.25, 0.3) is 0 Å². The molecular formula is C61H114Cl8Mn4N20. The van der Waals surface area contributed by atoms with Crippen LogP contribution in [-0.2, 0) is 52.5 Å². The van der Waals surface area contributed by atoms with Crippen molar-refractivity contribution in [2.45, 2.75) is 45.8 Å². The van der Waals surface area contributed by atoms with Crippen LogP contribution in [0.15, 0.2) is 76.7 Å². The number of fused-ring (bicyclic) bond motifs is 4. The molecule has 7 rings (SSSR count). The number of hydrogen-bond donors (Lipinski definition) is 11. The van der Waals surface area contributed by atoms with Gasteiger partial charge >= 0.3 is 133 Å². The van der Waals surface area contributed by atoms with Crippen LogP contribution < -0.4 is 58.5 Å². The van der Waals surface area contributed by atoms with Gasteiger partial charge in [-0.3, -0.25) is 15.0 Å². The molecule has 11 N–H and O–H groups in total. The zero-order valence-corrected chi connectivity index (χ0v) is 67.3. The molecule has 1 aromatic carbocycles. The van der Waals surface area contributed by atoms with E-state index in [9.17, 15) is 0 Å². The van der Waals surface area contributed by atoms with Gasteiger partial charge in [0.15, 0.2) is 0 Å². The maximum atomic E-state index is 4.80. The molecular weight excluding hydrogens is 1520 g/mol. The molecule has 4 bridgehead atoms. The molecule has 0 amide bonds. The van der Waals surface area contributed by atoms with E-state index in [0.29, 0.717) is 6.04 Å². The number of aliphatic imine (C=N–C) groups is 2. The molecule has 20 nitrogen and oxygen atoms in total. The van der Waals surface area contributed by atoms with Crippen molar-refractivity contribution in [3.8, 4) is 0 Å². The van der Waals surface area contributed by atoms with Crippen LogP contribution in [0.3, 0.4) is 0 Å². The van der Waals surface area contributed by atoms with Crippen molar-refractivity contribution in [1.82, 2.24) is 93.0 Å². The number of nitrogens with one attached hydrogen (secondary N) is 11. The number of rotatable bonds is 1. The summed E-state index contributed by atoms with van der Waals surface area (Å²) >= 11 is 0.0278. The predicted octanol–water partition coefficient (Wildman–Crippen LogP) is 6.32. The Bertz CT molecular complexity index is 2020. The maximum absolute atomic E-state index is 4.80. The molecule has 0 saturated carbocycles. The van der Waals surface area contributed by atoms with Crippen molar-refractivity contribution < 1.29 is 52.5 Å². The Labute approximate surface area is 620 Å². The molecule has 3 atom stereocenters. The van der Waals surface area contributed by atoms with E-state index >= 15 is 0 Å². The summed E-state index contributed by atoms with van der Waals surface area (Å²) in [4.78, 5) is 30.8. The third-order valence-corrected chi connectivity index (χ3v) is 14.9. The number of likely N-dealkylation sites (N-methyl/N-ethyl adjacent to an activating group) is 5. The number of benzene rings is 1. The Kier molecular flexibility index (Phi) is 68.8. The van der Waals surface area contributed by atoms with Gasteiger partial charge in [0, 0.05) is 208 Å². The molecule has 0 aliphatic carbocycles. The van der Waals surface area contributed by atoms with Crippen LogP contribution in [0, 0.1) is 0 Å². The number of halogens is 8. The average molecular weight is 1630 g/mol. The fourth-order valence-corrected chi connectivity index (χ4v) is 9.12. The minimum absolute atomic E-state index is 0.00694. The summed E-state index contributed by atoms with van der Waals surface area (Å²) in [5.74, 6) is 0. The Morgan fingerprint density at radius 2 is 0.624 bits per heavy atom. The van der Waals surface area contributed by atoms with Crippen molar-refractivity contribution in [3.63, 3.8) is 0 Å². The maximum Gasteiger partial charge on any atom is 0.0447 e. The minimum atomic E-state index is 0.00694. The number of aromatic nitrogens is 2. The van der Waals surface area contributed by atoms with Gasteiger partial charge in [-0.25, -0.2) is 4.98 Å². The molecule has 542 valence electrons. The Morgan fingerprint density at radius 1 is 0.344 bits per heavy atom. The van der Waals surface area contributed by atoms with Gasteiger partial charge in [-0.2, -0.15) is 0 Å². The van der Waals surface area contributed by atoms with Crippen LogP contribution >= 0.6 is 80.8 Å². The molecule has 2 aromatic heterocycles. The summed E-state index contributed by atoms with van der Waals surface area (Å²) in [5.41, 5.74) is 7.41. The zero-order valence-electron chi connectivity index (χ0n) is 56.6. The van der Waals surface area contributed by atoms with E-state index in [-0.39, 0.29) is 64.6 Å². The van der Waals surface area contributed by atoms with Crippen LogP contribution in [0.2, 0.25) is 0 Å². The molecule has 4 aliphatic heterocycles. The molecule has 0 radical (unpaired) electrons. The smallest absolute Gasteiger partial charge is 0.0447 e. The second kappa shape index (κ2) is 68.4. The van der Waals surface area contributed by atoms with E-state index in [1.807, 2.05) is 32.0 Å². The summed E-state index contributed by atoms with van der Waals surface area (Å²) in [7, 11) is 49.5. The van der Waals surface area contributed by atoms with E-state index in [1.54, 1.807) is 0 Å². The predicted molar refractivity (Wildman–Crippen MR) is 390 cm³/mol.